The third kappa shape index (κ3) is 4.39. The van der Waals surface area contributed by atoms with Crippen molar-refractivity contribution in [1.82, 2.24) is 5.32 Å². The van der Waals surface area contributed by atoms with E-state index in [4.69, 9.17) is 4.74 Å². The molecule has 1 aromatic rings. The van der Waals surface area contributed by atoms with Crippen molar-refractivity contribution in [2.45, 2.75) is 39.2 Å². The van der Waals surface area contributed by atoms with Crippen LogP contribution in [0, 0.1) is 5.92 Å². The molecule has 0 radical (unpaired) electrons. The number of hydrogen-bond acceptors (Lipinski definition) is 2. The monoisotopic (exact) mass is 233 g/mol. The van der Waals surface area contributed by atoms with E-state index in [1.165, 1.54) is 31.2 Å². The topological polar surface area (TPSA) is 21.3 Å². The lowest BCUT2D eigenvalue weighted by atomic mass is 10.2. The molecule has 0 amide bonds. The van der Waals surface area contributed by atoms with E-state index in [1.807, 2.05) is 0 Å². The van der Waals surface area contributed by atoms with Gasteiger partial charge in [0.15, 0.2) is 0 Å². The molecule has 2 heteroatoms. The number of benzene rings is 1. The molecule has 2 nitrogen and oxygen atoms in total. The van der Waals surface area contributed by atoms with E-state index < -0.39 is 0 Å². The molecule has 1 N–H and O–H groups in total. The van der Waals surface area contributed by atoms with E-state index in [1.54, 1.807) is 0 Å². The Morgan fingerprint density at radius 3 is 2.88 bits per heavy atom. The lowest BCUT2D eigenvalue weighted by Crippen LogP contribution is -2.14. The zero-order valence-electron chi connectivity index (χ0n) is 10.7. The highest BCUT2D eigenvalue weighted by molar-refractivity contribution is 5.33. The standard InChI is InChI=1S/C15H23NO/c1-2-10-16-12-14-5-3-4-6-15(14)17-11-9-13-7-8-13/h3-6,13,16H,2,7-12H2,1H3. The summed E-state index contributed by atoms with van der Waals surface area (Å²) in [5, 5.41) is 3.42. The second-order valence-electron chi connectivity index (χ2n) is 4.87. The van der Waals surface area contributed by atoms with Gasteiger partial charge in [0.2, 0.25) is 0 Å². The van der Waals surface area contributed by atoms with Gasteiger partial charge in [0.1, 0.15) is 5.75 Å². The van der Waals surface area contributed by atoms with Crippen LogP contribution in [0.5, 0.6) is 5.75 Å². The molecule has 94 valence electrons. The zero-order valence-corrected chi connectivity index (χ0v) is 10.7. The molecule has 2 rings (SSSR count). The maximum Gasteiger partial charge on any atom is 0.123 e. The highest BCUT2D eigenvalue weighted by atomic mass is 16.5. The van der Waals surface area contributed by atoms with Crippen molar-refractivity contribution in [1.29, 1.82) is 0 Å². The van der Waals surface area contributed by atoms with Crippen molar-refractivity contribution in [3.63, 3.8) is 0 Å². The second kappa shape index (κ2) is 6.65. The fraction of sp³-hybridized carbons (Fsp3) is 0.600. The fourth-order valence-electron chi connectivity index (χ4n) is 1.93. The van der Waals surface area contributed by atoms with E-state index in [-0.39, 0.29) is 0 Å². The first-order valence-corrected chi connectivity index (χ1v) is 6.81. The minimum atomic E-state index is 0.870. The number of rotatable bonds is 8. The summed E-state index contributed by atoms with van der Waals surface area (Å²) in [5.41, 5.74) is 1.27. The third-order valence-corrected chi connectivity index (χ3v) is 3.20. The van der Waals surface area contributed by atoms with Crippen LogP contribution in [0.25, 0.3) is 0 Å². The first-order valence-electron chi connectivity index (χ1n) is 6.81. The van der Waals surface area contributed by atoms with Gasteiger partial charge in [0.25, 0.3) is 0 Å². The van der Waals surface area contributed by atoms with Crippen molar-refractivity contribution in [3.05, 3.63) is 29.8 Å². The molecule has 0 atom stereocenters. The van der Waals surface area contributed by atoms with Crippen molar-refractivity contribution in [2.75, 3.05) is 13.2 Å². The molecule has 0 unspecified atom stereocenters. The Bertz CT molecular complexity index is 333. The minimum Gasteiger partial charge on any atom is -0.493 e. The van der Waals surface area contributed by atoms with Gasteiger partial charge in [-0.05, 0) is 31.4 Å². The van der Waals surface area contributed by atoms with Crippen LogP contribution >= 0.6 is 0 Å². The van der Waals surface area contributed by atoms with E-state index in [9.17, 15) is 0 Å². The van der Waals surface area contributed by atoms with Crippen molar-refractivity contribution >= 4 is 0 Å². The predicted octanol–water partition coefficient (Wildman–Crippen LogP) is 3.37. The number of ether oxygens (including phenoxy) is 1. The average Bonchev–Trinajstić information content (AvgIpc) is 3.15. The summed E-state index contributed by atoms with van der Waals surface area (Å²) >= 11 is 0. The summed E-state index contributed by atoms with van der Waals surface area (Å²) in [6, 6.07) is 8.36. The van der Waals surface area contributed by atoms with E-state index in [0.717, 1.165) is 31.4 Å². The molecular formula is C15H23NO. The highest BCUT2D eigenvalue weighted by Gasteiger charge is 2.20. The van der Waals surface area contributed by atoms with Crippen LogP contribution in [-0.4, -0.2) is 13.2 Å². The Morgan fingerprint density at radius 2 is 2.12 bits per heavy atom. The molecule has 1 saturated carbocycles. The Morgan fingerprint density at radius 1 is 1.29 bits per heavy atom. The smallest absolute Gasteiger partial charge is 0.123 e. The van der Waals surface area contributed by atoms with Gasteiger partial charge in [0, 0.05) is 12.1 Å². The number of hydrogen-bond donors (Lipinski definition) is 1. The normalized spacial score (nSPS) is 14.9. The van der Waals surface area contributed by atoms with Crippen LogP contribution in [0.4, 0.5) is 0 Å². The Balaban J connectivity index is 1.80. The van der Waals surface area contributed by atoms with Gasteiger partial charge < -0.3 is 10.1 Å². The lowest BCUT2D eigenvalue weighted by molar-refractivity contribution is 0.299. The number of nitrogens with one attached hydrogen (secondary N) is 1. The second-order valence-corrected chi connectivity index (χ2v) is 4.87. The first-order chi connectivity index (χ1) is 8.40. The summed E-state index contributed by atoms with van der Waals surface area (Å²) in [6.45, 7) is 5.03. The lowest BCUT2D eigenvalue weighted by Gasteiger charge is -2.11. The summed E-state index contributed by atoms with van der Waals surface area (Å²) in [4.78, 5) is 0. The summed E-state index contributed by atoms with van der Waals surface area (Å²) < 4.78 is 5.88. The van der Waals surface area contributed by atoms with Crippen LogP contribution in [0.1, 0.15) is 38.2 Å². The van der Waals surface area contributed by atoms with Gasteiger partial charge in [-0.15, -0.1) is 0 Å². The molecular weight excluding hydrogens is 210 g/mol. The molecule has 1 aliphatic rings. The molecule has 0 heterocycles. The van der Waals surface area contributed by atoms with Crippen LogP contribution in [0.2, 0.25) is 0 Å². The van der Waals surface area contributed by atoms with Gasteiger partial charge in [-0.3, -0.25) is 0 Å². The molecule has 0 aliphatic heterocycles. The maximum absolute atomic E-state index is 5.88. The SMILES string of the molecule is CCCNCc1ccccc1OCCC1CC1. The Labute approximate surface area is 104 Å². The molecule has 17 heavy (non-hydrogen) atoms. The molecule has 1 aliphatic carbocycles. The van der Waals surface area contributed by atoms with Crippen LogP contribution in [0.15, 0.2) is 24.3 Å². The maximum atomic E-state index is 5.88. The summed E-state index contributed by atoms with van der Waals surface area (Å²) in [5.74, 6) is 2.00. The largest absolute Gasteiger partial charge is 0.493 e. The Hall–Kier alpha value is -1.02. The van der Waals surface area contributed by atoms with Gasteiger partial charge in [0.05, 0.1) is 6.61 Å². The molecule has 1 aromatic carbocycles. The van der Waals surface area contributed by atoms with Crippen LogP contribution < -0.4 is 10.1 Å². The van der Waals surface area contributed by atoms with Crippen LogP contribution in [-0.2, 0) is 6.54 Å². The third-order valence-electron chi connectivity index (χ3n) is 3.20. The van der Waals surface area contributed by atoms with E-state index in [2.05, 4.69) is 36.5 Å². The quantitative estimate of drug-likeness (QED) is 0.695. The molecule has 0 saturated heterocycles. The van der Waals surface area contributed by atoms with Gasteiger partial charge in [-0.1, -0.05) is 38.0 Å². The van der Waals surface area contributed by atoms with E-state index >= 15 is 0 Å². The average molecular weight is 233 g/mol. The molecule has 1 fully saturated rings. The summed E-state index contributed by atoms with van der Waals surface area (Å²) in [7, 11) is 0. The van der Waals surface area contributed by atoms with Crippen LogP contribution in [0.3, 0.4) is 0 Å². The van der Waals surface area contributed by atoms with E-state index in [0.29, 0.717) is 0 Å². The molecule has 0 aromatic heterocycles. The molecule has 0 bridgehead atoms. The first kappa shape index (κ1) is 12.4. The zero-order chi connectivity index (χ0) is 11.9. The van der Waals surface area contributed by atoms with Gasteiger partial charge >= 0.3 is 0 Å². The van der Waals surface area contributed by atoms with Gasteiger partial charge in [-0.25, -0.2) is 0 Å². The number of para-hydroxylation sites is 1. The molecule has 0 spiro atoms. The predicted molar refractivity (Wildman–Crippen MR) is 71.3 cm³/mol. The fourth-order valence-corrected chi connectivity index (χ4v) is 1.93. The van der Waals surface area contributed by atoms with Crippen molar-refractivity contribution in [3.8, 4) is 5.75 Å². The minimum absolute atomic E-state index is 0.870. The summed E-state index contributed by atoms with van der Waals surface area (Å²) in [6.07, 6.45) is 5.20. The highest BCUT2D eigenvalue weighted by Crippen LogP contribution is 2.32. The van der Waals surface area contributed by atoms with Gasteiger partial charge in [-0.2, -0.15) is 0 Å². The Kier molecular flexibility index (Phi) is 4.87. The van der Waals surface area contributed by atoms with Crippen molar-refractivity contribution < 1.29 is 4.74 Å². The van der Waals surface area contributed by atoms with Crippen molar-refractivity contribution in [2.24, 2.45) is 5.92 Å².